The summed E-state index contributed by atoms with van der Waals surface area (Å²) in [6.45, 7) is 24.3. The largest absolute Gasteiger partial charge is 0.311 e. The summed E-state index contributed by atoms with van der Waals surface area (Å²) < 4.78 is 3.53. The molecule has 0 N–H and O–H groups in total. The predicted octanol–water partition coefficient (Wildman–Crippen LogP) is 3.44. The van der Waals surface area contributed by atoms with Gasteiger partial charge in [0.25, 0.3) is 0 Å². The van der Waals surface area contributed by atoms with Crippen molar-refractivity contribution in [2.75, 3.05) is 0 Å². The first kappa shape index (κ1) is 21.0. The maximum absolute atomic E-state index is 7.64. The van der Waals surface area contributed by atoms with Crippen molar-refractivity contribution in [1.82, 2.24) is 0 Å². The zero-order valence-corrected chi connectivity index (χ0v) is 13.4. The molecule has 0 unspecified atom stereocenters. The van der Waals surface area contributed by atoms with Crippen molar-refractivity contribution in [2.24, 2.45) is 0 Å². The van der Waals surface area contributed by atoms with Gasteiger partial charge in [0.05, 0.1) is 0 Å². The SMILES string of the molecule is N#[C][Pt][C]#N.[C-]#[N+]C(C)(C)C.[C-]#[N+]C(C)(C)C. The summed E-state index contributed by atoms with van der Waals surface area (Å²) >= 11 is -0.765. The van der Waals surface area contributed by atoms with E-state index >= 15 is 0 Å². The Balaban J connectivity index is -0.000000174. The van der Waals surface area contributed by atoms with Crippen molar-refractivity contribution in [1.29, 1.82) is 10.5 Å². The molecule has 0 atom stereocenters. The second-order valence-corrected chi connectivity index (χ2v) is 6.37. The number of hydrogen-bond donors (Lipinski definition) is 0. The summed E-state index contributed by atoms with van der Waals surface area (Å²) in [4.78, 5) is 6.54. The van der Waals surface area contributed by atoms with E-state index in [0.29, 0.717) is 0 Å². The van der Waals surface area contributed by atoms with Crippen LogP contribution in [-0.4, -0.2) is 11.1 Å². The minimum Gasteiger partial charge on any atom is -0.311 e. The fourth-order valence-electron chi connectivity index (χ4n) is 0.0158. The monoisotopic (exact) mass is 413 g/mol. The van der Waals surface area contributed by atoms with E-state index in [9.17, 15) is 0 Å². The van der Waals surface area contributed by atoms with E-state index in [1.807, 2.05) is 41.5 Å². The van der Waals surface area contributed by atoms with Crippen molar-refractivity contribution in [3.05, 3.63) is 22.8 Å². The summed E-state index contributed by atoms with van der Waals surface area (Å²) in [6.07, 6.45) is 0. The Kier molecular flexibility index (Phi) is 13.8. The van der Waals surface area contributed by atoms with Crippen molar-refractivity contribution in [3.8, 4) is 8.92 Å². The molecule has 0 aliphatic carbocycles. The molecule has 0 radical (unpaired) electrons. The third-order valence-corrected chi connectivity index (χ3v) is 1.25. The molecule has 0 bridgehead atoms. The molecular weight excluding hydrogens is 395 g/mol. The van der Waals surface area contributed by atoms with Gasteiger partial charge in [-0.15, -0.1) is 0 Å². The van der Waals surface area contributed by atoms with Gasteiger partial charge in [-0.1, -0.05) is 0 Å². The van der Waals surface area contributed by atoms with Crippen LogP contribution in [0.2, 0.25) is 0 Å². The summed E-state index contributed by atoms with van der Waals surface area (Å²) in [5, 5.41) is 15.3. The van der Waals surface area contributed by atoms with Crippen molar-refractivity contribution >= 4 is 0 Å². The van der Waals surface area contributed by atoms with Crippen LogP contribution in [0.15, 0.2) is 0 Å². The molecule has 5 heteroatoms. The predicted molar refractivity (Wildman–Crippen MR) is 63.9 cm³/mol. The second kappa shape index (κ2) is 11.1. The van der Waals surface area contributed by atoms with Crippen LogP contribution in [0.4, 0.5) is 0 Å². The molecule has 4 nitrogen and oxygen atoms in total. The molecule has 0 spiro atoms. The molecule has 0 amide bonds. The summed E-state index contributed by atoms with van der Waals surface area (Å²) in [7, 11) is 0. The molecule has 96 valence electrons. The molecule has 0 aromatic rings. The molecule has 0 aromatic carbocycles. The normalized spacial score (nSPS) is 8.82. The molecule has 0 saturated carbocycles. The Morgan fingerprint density at radius 1 is 0.824 bits per heavy atom. The first-order valence-electron chi connectivity index (χ1n) is 4.66. The van der Waals surface area contributed by atoms with Gasteiger partial charge in [-0.2, -0.15) is 0 Å². The maximum Gasteiger partial charge on any atom is 0.224 e. The first-order chi connectivity index (χ1) is 7.54. The average Bonchev–Trinajstić information content (AvgIpc) is 2.19. The van der Waals surface area contributed by atoms with Crippen molar-refractivity contribution in [3.63, 3.8) is 0 Å². The molecule has 0 heterocycles. The van der Waals surface area contributed by atoms with Gasteiger partial charge in [0, 0.05) is 41.5 Å². The first-order valence-corrected chi connectivity index (χ1v) is 6.93. The van der Waals surface area contributed by atoms with E-state index in [2.05, 4.69) is 9.69 Å². The Labute approximate surface area is 113 Å². The van der Waals surface area contributed by atoms with Crippen LogP contribution in [-0.2, 0) is 18.6 Å². The Bertz CT molecular complexity index is 311. The molecule has 0 aliphatic rings. The van der Waals surface area contributed by atoms with Crippen molar-refractivity contribution in [2.45, 2.75) is 52.6 Å². The van der Waals surface area contributed by atoms with Gasteiger partial charge in [0.15, 0.2) is 0 Å². The van der Waals surface area contributed by atoms with Crippen LogP contribution >= 0.6 is 0 Å². The standard InChI is InChI=1S/2C5H9N.2CN.Pt/c2*1-5(2,3)6-4;2*1-2;/h2*1-3H3;;;. The van der Waals surface area contributed by atoms with E-state index < -0.39 is 18.6 Å². The van der Waals surface area contributed by atoms with E-state index in [4.69, 9.17) is 23.7 Å². The third kappa shape index (κ3) is 53.0. The topological polar surface area (TPSA) is 56.3 Å². The number of rotatable bonds is 0. The van der Waals surface area contributed by atoms with Crippen LogP contribution in [0, 0.1) is 32.6 Å². The van der Waals surface area contributed by atoms with Gasteiger partial charge in [0.1, 0.15) is 0 Å². The zero-order chi connectivity index (χ0) is 14.5. The van der Waals surface area contributed by atoms with E-state index in [1.165, 1.54) is 0 Å². The third-order valence-electron chi connectivity index (χ3n) is 0.742. The number of nitrogens with zero attached hydrogens (tertiary/aromatic N) is 4. The maximum atomic E-state index is 7.64. The Morgan fingerprint density at radius 2 is 1.00 bits per heavy atom. The minimum absolute atomic E-state index is 0.167. The number of nitriles is 2. The van der Waals surface area contributed by atoms with Crippen LogP contribution in [0.1, 0.15) is 41.5 Å². The molecular formula is C12H18N4Pt. The van der Waals surface area contributed by atoms with E-state index in [1.54, 1.807) is 8.92 Å². The molecule has 0 rings (SSSR count). The van der Waals surface area contributed by atoms with Gasteiger partial charge in [-0.25, -0.2) is 13.1 Å². The molecule has 0 aromatic heterocycles. The van der Waals surface area contributed by atoms with E-state index in [-0.39, 0.29) is 11.1 Å². The molecule has 17 heavy (non-hydrogen) atoms. The van der Waals surface area contributed by atoms with Crippen LogP contribution in [0.3, 0.4) is 0 Å². The van der Waals surface area contributed by atoms with Crippen LogP contribution in [0.5, 0.6) is 0 Å². The summed E-state index contributed by atoms with van der Waals surface area (Å²) in [5.74, 6) is 0. The molecule has 0 aliphatic heterocycles. The number of hydrogen-bond acceptors (Lipinski definition) is 2. The van der Waals surface area contributed by atoms with Gasteiger partial charge in [-0.05, 0) is 0 Å². The smallest absolute Gasteiger partial charge is 0.224 e. The quantitative estimate of drug-likeness (QED) is 0.572. The van der Waals surface area contributed by atoms with Crippen LogP contribution < -0.4 is 0 Å². The Hall–Kier alpha value is -1.35. The van der Waals surface area contributed by atoms with Crippen molar-refractivity contribution < 1.29 is 18.6 Å². The van der Waals surface area contributed by atoms with Gasteiger partial charge < -0.3 is 9.69 Å². The van der Waals surface area contributed by atoms with Gasteiger partial charge in [0.2, 0.25) is 11.1 Å². The molecule has 0 saturated heterocycles. The van der Waals surface area contributed by atoms with E-state index in [0.717, 1.165) is 0 Å². The van der Waals surface area contributed by atoms with Gasteiger partial charge in [-0.3, -0.25) is 0 Å². The summed E-state index contributed by atoms with van der Waals surface area (Å²) in [6, 6.07) is 0. The van der Waals surface area contributed by atoms with Gasteiger partial charge >= 0.3 is 38.0 Å². The van der Waals surface area contributed by atoms with Crippen LogP contribution in [0.25, 0.3) is 9.69 Å². The summed E-state index contributed by atoms with van der Waals surface area (Å²) in [5.41, 5.74) is -0.333. The average molecular weight is 413 g/mol. The molecule has 0 fully saturated rings. The minimum atomic E-state index is -0.765. The fraction of sp³-hybridized carbons (Fsp3) is 0.667. The zero-order valence-electron chi connectivity index (χ0n) is 11.1. The Morgan fingerprint density at radius 3 is 1.00 bits per heavy atom. The fourth-order valence-corrected chi connectivity index (χ4v) is 0.129. The second-order valence-electron chi connectivity index (χ2n) is 4.79.